The zero-order valence-corrected chi connectivity index (χ0v) is 12.3. The topological polar surface area (TPSA) is 78.0 Å². The van der Waals surface area contributed by atoms with Gasteiger partial charge in [0.05, 0.1) is 11.7 Å². The van der Waals surface area contributed by atoms with Crippen molar-refractivity contribution in [3.63, 3.8) is 0 Å². The van der Waals surface area contributed by atoms with Gasteiger partial charge in [-0.3, -0.25) is 9.78 Å². The number of fused-ring (bicyclic) bond motifs is 3. The van der Waals surface area contributed by atoms with Crippen molar-refractivity contribution in [1.29, 1.82) is 0 Å². The van der Waals surface area contributed by atoms with Crippen molar-refractivity contribution in [2.75, 3.05) is 13.2 Å². The van der Waals surface area contributed by atoms with E-state index in [1.807, 2.05) is 24.4 Å². The number of amides is 1. The van der Waals surface area contributed by atoms with E-state index in [-0.39, 0.29) is 12.5 Å². The zero-order chi connectivity index (χ0) is 15.4. The number of carbonyl (C=O) groups is 1. The van der Waals surface area contributed by atoms with Gasteiger partial charge in [-0.15, -0.1) is 0 Å². The lowest BCUT2D eigenvalue weighted by molar-refractivity contribution is -0.121. The van der Waals surface area contributed by atoms with Gasteiger partial charge in [-0.05, 0) is 25.0 Å². The van der Waals surface area contributed by atoms with Crippen LogP contribution in [0.25, 0.3) is 21.8 Å². The summed E-state index contributed by atoms with van der Waals surface area (Å²) in [5.41, 5.74) is 3.02. The molecule has 0 aliphatic rings. The van der Waals surface area contributed by atoms with E-state index in [4.69, 9.17) is 5.11 Å². The molecule has 2 heterocycles. The van der Waals surface area contributed by atoms with Gasteiger partial charge in [0.2, 0.25) is 5.91 Å². The highest BCUT2D eigenvalue weighted by Gasteiger charge is 2.07. The number of aliphatic hydroxyl groups excluding tert-OH is 1. The molecule has 3 rings (SSSR count). The molecule has 0 bridgehead atoms. The average Bonchev–Trinajstić information content (AvgIpc) is 2.91. The maximum atomic E-state index is 11.7. The number of aliphatic hydroxyl groups is 1. The van der Waals surface area contributed by atoms with Crippen LogP contribution >= 0.6 is 0 Å². The molecule has 3 N–H and O–H groups in total. The first kappa shape index (κ1) is 14.5. The third-order valence-corrected chi connectivity index (χ3v) is 3.71. The minimum atomic E-state index is -0.00530. The molecule has 114 valence electrons. The number of hydrogen-bond donors (Lipinski definition) is 3. The maximum absolute atomic E-state index is 11.7. The van der Waals surface area contributed by atoms with Gasteiger partial charge >= 0.3 is 0 Å². The summed E-state index contributed by atoms with van der Waals surface area (Å²) in [6.07, 6.45) is 3.44. The minimum absolute atomic E-state index is 0.00530. The van der Waals surface area contributed by atoms with E-state index in [0.29, 0.717) is 25.8 Å². The Kier molecular flexibility index (Phi) is 4.34. The van der Waals surface area contributed by atoms with Crippen LogP contribution in [-0.4, -0.2) is 34.1 Å². The van der Waals surface area contributed by atoms with Crippen LogP contribution in [0, 0.1) is 0 Å². The predicted octanol–water partition coefficient (Wildman–Crippen LogP) is 2.15. The smallest absolute Gasteiger partial charge is 0.220 e. The number of para-hydroxylation sites is 1. The molecule has 0 aliphatic carbocycles. The van der Waals surface area contributed by atoms with E-state index >= 15 is 0 Å². The van der Waals surface area contributed by atoms with Crippen LogP contribution in [0.2, 0.25) is 0 Å². The van der Waals surface area contributed by atoms with Crippen molar-refractivity contribution in [2.45, 2.75) is 19.3 Å². The molecule has 2 aromatic heterocycles. The van der Waals surface area contributed by atoms with Crippen molar-refractivity contribution in [2.24, 2.45) is 0 Å². The number of pyridine rings is 1. The molecule has 5 nitrogen and oxygen atoms in total. The number of aryl methyl sites for hydroxylation is 1. The van der Waals surface area contributed by atoms with Gasteiger partial charge in [-0.25, -0.2) is 0 Å². The Hall–Kier alpha value is -2.40. The van der Waals surface area contributed by atoms with Crippen molar-refractivity contribution in [3.8, 4) is 0 Å². The first-order valence-corrected chi connectivity index (χ1v) is 7.51. The van der Waals surface area contributed by atoms with Gasteiger partial charge in [0.15, 0.2) is 0 Å². The molecular weight excluding hydrogens is 278 g/mol. The molecule has 0 saturated carbocycles. The molecule has 1 aromatic carbocycles. The van der Waals surface area contributed by atoms with Crippen LogP contribution < -0.4 is 5.32 Å². The quantitative estimate of drug-likeness (QED) is 0.610. The molecular formula is C17H19N3O2. The van der Waals surface area contributed by atoms with Crippen LogP contribution in [-0.2, 0) is 11.2 Å². The molecule has 0 aliphatic heterocycles. The number of benzene rings is 1. The standard InChI is InChI=1S/C17H19N3O2/c21-9-3-8-18-17(22)7-6-12-10-14-13-4-1-2-5-15(13)20-16(14)11-19-12/h1-2,4-5,10-11,20-21H,3,6-9H2,(H,18,22). The average molecular weight is 297 g/mol. The van der Waals surface area contributed by atoms with Crippen LogP contribution in [0.1, 0.15) is 18.5 Å². The number of H-pyrrole nitrogens is 1. The van der Waals surface area contributed by atoms with Crippen molar-refractivity contribution >= 4 is 27.7 Å². The molecule has 3 aromatic rings. The normalized spacial score (nSPS) is 11.1. The molecule has 0 fully saturated rings. The van der Waals surface area contributed by atoms with Gasteiger partial charge in [0.1, 0.15) is 0 Å². The number of nitrogens with zero attached hydrogens (tertiary/aromatic N) is 1. The molecule has 5 heteroatoms. The molecule has 22 heavy (non-hydrogen) atoms. The molecule has 0 radical (unpaired) electrons. The minimum Gasteiger partial charge on any atom is -0.396 e. The summed E-state index contributed by atoms with van der Waals surface area (Å²) in [6.45, 7) is 0.614. The second-order valence-corrected chi connectivity index (χ2v) is 5.32. The number of nitrogens with one attached hydrogen (secondary N) is 2. The van der Waals surface area contributed by atoms with E-state index in [9.17, 15) is 4.79 Å². The summed E-state index contributed by atoms with van der Waals surface area (Å²) in [5.74, 6) is -0.00530. The number of carbonyl (C=O) groups excluding carboxylic acids is 1. The predicted molar refractivity (Wildman–Crippen MR) is 86.6 cm³/mol. The van der Waals surface area contributed by atoms with Gasteiger partial charge in [0.25, 0.3) is 0 Å². The van der Waals surface area contributed by atoms with Gasteiger partial charge in [-0.2, -0.15) is 0 Å². The Morgan fingerprint density at radius 3 is 2.95 bits per heavy atom. The summed E-state index contributed by atoms with van der Waals surface area (Å²) < 4.78 is 0. The van der Waals surface area contributed by atoms with Gasteiger partial charge in [0, 0.05) is 41.6 Å². The lowest BCUT2D eigenvalue weighted by atomic mass is 10.1. The number of aromatic amines is 1. The van der Waals surface area contributed by atoms with Crippen LogP contribution in [0.4, 0.5) is 0 Å². The van der Waals surface area contributed by atoms with Crippen LogP contribution in [0.3, 0.4) is 0 Å². The highest BCUT2D eigenvalue weighted by Crippen LogP contribution is 2.25. The van der Waals surface area contributed by atoms with E-state index in [2.05, 4.69) is 27.4 Å². The Morgan fingerprint density at radius 1 is 1.23 bits per heavy atom. The second-order valence-electron chi connectivity index (χ2n) is 5.32. The molecule has 0 saturated heterocycles. The highest BCUT2D eigenvalue weighted by atomic mass is 16.3. The largest absolute Gasteiger partial charge is 0.396 e. The molecule has 1 amide bonds. The fourth-order valence-electron chi connectivity index (χ4n) is 2.57. The summed E-state index contributed by atoms with van der Waals surface area (Å²) in [5, 5.41) is 13.8. The Labute approximate surface area is 128 Å². The van der Waals surface area contributed by atoms with Crippen molar-refractivity contribution in [1.82, 2.24) is 15.3 Å². The first-order valence-electron chi connectivity index (χ1n) is 7.51. The summed E-state index contributed by atoms with van der Waals surface area (Å²) in [6, 6.07) is 10.2. The fraction of sp³-hybridized carbons (Fsp3) is 0.294. The second kappa shape index (κ2) is 6.58. The van der Waals surface area contributed by atoms with Crippen LogP contribution in [0.15, 0.2) is 36.5 Å². The summed E-state index contributed by atoms with van der Waals surface area (Å²) in [4.78, 5) is 19.4. The van der Waals surface area contributed by atoms with E-state index in [0.717, 1.165) is 22.1 Å². The summed E-state index contributed by atoms with van der Waals surface area (Å²) >= 11 is 0. The highest BCUT2D eigenvalue weighted by molar-refractivity contribution is 6.06. The monoisotopic (exact) mass is 297 g/mol. The fourth-order valence-corrected chi connectivity index (χ4v) is 2.57. The Bertz CT molecular complexity index is 795. The number of rotatable bonds is 6. The Morgan fingerprint density at radius 2 is 2.09 bits per heavy atom. The number of hydrogen-bond acceptors (Lipinski definition) is 3. The lowest BCUT2D eigenvalue weighted by Crippen LogP contribution is -2.25. The summed E-state index contributed by atoms with van der Waals surface area (Å²) in [7, 11) is 0. The lowest BCUT2D eigenvalue weighted by Gasteiger charge is -2.04. The zero-order valence-electron chi connectivity index (χ0n) is 12.3. The van der Waals surface area contributed by atoms with E-state index < -0.39 is 0 Å². The van der Waals surface area contributed by atoms with E-state index in [1.54, 1.807) is 0 Å². The number of aromatic nitrogens is 2. The van der Waals surface area contributed by atoms with E-state index in [1.165, 1.54) is 5.39 Å². The Balaban J connectivity index is 1.72. The van der Waals surface area contributed by atoms with Crippen molar-refractivity contribution < 1.29 is 9.90 Å². The van der Waals surface area contributed by atoms with Crippen molar-refractivity contribution in [3.05, 3.63) is 42.2 Å². The van der Waals surface area contributed by atoms with Gasteiger partial charge in [-0.1, -0.05) is 18.2 Å². The molecule has 0 spiro atoms. The van der Waals surface area contributed by atoms with Crippen LogP contribution in [0.5, 0.6) is 0 Å². The SMILES string of the molecule is O=C(CCc1cc2c(cn1)[nH]c1ccccc12)NCCCO. The molecule has 0 unspecified atom stereocenters. The first-order chi connectivity index (χ1) is 10.8. The molecule has 0 atom stereocenters. The van der Waals surface area contributed by atoms with Gasteiger partial charge < -0.3 is 15.4 Å². The third kappa shape index (κ3) is 3.09. The maximum Gasteiger partial charge on any atom is 0.220 e. The third-order valence-electron chi connectivity index (χ3n) is 3.71.